The summed E-state index contributed by atoms with van der Waals surface area (Å²) < 4.78 is 39.2. The number of halogens is 1. The summed E-state index contributed by atoms with van der Waals surface area (Å²) >= 11 is 0. The Labute approximate surface area is 202 Å². The number of hydrogen-bond acceptors (Lipinski definition) is 7. The number of morpholine rings is 1. The van der Waals surface area contributed by atoms with Gasteiger partial charge in [0.25, 0.3) is 0 Å². The standard InChI is InChI=1S/C20H34N4O5S.HI/c1-5-21-20(22-8-13-30(4,25)26)23-15-17(24-9-11-29-12-10-24)16-6-7-18(27-2)19(14-16)28-3;/h6-7,14,17H,5,8-13,15H2,1-4H3,(H2,21,22,23);1H. The molecule has 0 radical (unpaired) electrons. The number of rotatable bonds is 10. The Balaban J connectivity index is 0.00000480. The van der Waals surface area contributed by atoms with Crippen LogP contribution in [0, 0.1) is 0 Å². The number of benzene rings is 1. The number of guanidine groups is 1. The normalized spacial score (nSPS) is 16.2. The van der Waals surface area contributed by atoms with E-state index in [0.717, 1.165) is 18.7 Å². The van der Waals surface area contributed by atoms with E-state index in [1.165, 1.54) is 6.26 Å². The minimum Gasteiger partial charge on any atom is -0.493 e. The van der Waals surface area contributed by atoms with E-state index in [2.05, 4.69) is 15.5 Å². The van der Waals surface area contributed by atoms with Crippen LogP contribution in [0.4, 0.5) is 0 Å². The molecule has 1 aromatic carbocycles. The zero-order chi connectivity index (χ0) is 22.0. The van der Waals surface area contributed by atoms with Crippen LogP contribution in [0.2, 0.25) is 0 Å². The molecular formula is C20H35IN4O5S. The van der Waals surface area contributed by atoms with Gasteiger partial charge in [0.05, 0.1) is 45.8 Å². The van der Waals surface area contributed by atoms with E-state index in [4.69, 9.17) is 19.2 Å². The number of sulfone groups is 1. The maximum Gasteiger partial charge on any atom is 0.191 e. The van der Waals surface area contributed by atoms with Crippen molar-refractivity contribution < 1.29 is 22.6 Å². The van der Waals surface area contributed by atoms with Crippen LogP contribution in [0.1, 0.15) is 18.5 Å². The second-order valence-corrected chi connectivity index (χ2v) is 9.31. The lowest BCUT2D eigenvalue weighted by atomic mass is 10.0. The zero-order valence-electron chi connectivity index (χ0n) is 18.7. The second kappa shape index (κ2) is 14.0. The highest BCUT2D eigenvalue weighted by atomic mass is 127. The Morgan fingerprint density at radius 3 is 2.45 bits per heavy atom. The predicted octanol–water partition coefficient (Wildman–Crippen LogP) is 1.29. The monoisotopic (exact) mass is 570 g/mol. The van der Waals surface area contributed by atoms with Gasteiger partial charge in [0, 0.05) is 32.4 Å². The molecule has 0 aliphatic carbocycles. The molecule has 178 valence electrons. The molecule has 1 heterocycles. The van der Waals surface area contributed by atoms with E-state index in [9.17, 15) is 8.42 Å². The Morgan fingerprint density at radius 2 is 1.87 bits per heavy atom. The van der Waals surface area contributed by atoms with Crippen molar-refractivity contribution in [3.63, 3.8) is 0 Å². The molecule has 1 unspecified atom stereocenters. The van der Waals surface area contributed by atoms with Crippen molar-refractivity contribution in [2.75, 3.05) is 72.2 Å². The van der Waals surface area contributed by atoms with Crippen molar-refractivity contribution >= 4 is 39.8 Å². The molecule has 0 spiro atoms. The van der Waals surface area contributed by atoms with Crippen molar-refractivity contribution in [3.8, 4) is 11.5 Å². The van der Waals surface area contributed by atoms with E-state index in [1.54, 1.807) is 14.2 Å². The molecule has 2 N–H and O–H groups in total. The maximum absolute atomic E-state index is 11.4. The minimum atomic E-state index is -3.03. The summed E-state index contributed by atoms with van der Waals surface area (Å²) in [6, 6.07) is 5.94. The molecule has 31 heavy (non-hydrogen) atoms. The first-order valence-corrected chi connectivity index (χ1v) is 12.2. The summed E-state index contributed by atoms with van der Waals surface area (Å²) in [5, 5.41) is 6.28. The van der Waals surface area contributed by atoms with Crippen molar-refractivity contribution in [2.24, 2.45) is 4.99 Å². The molecular weight excluding hydrogens is 535 g/mol. The highest BCUT2D eigenvalue weighted by molar-refractivity contribution is 14.0. The lowest BCUT2D eigenvalue weighted by molar-refractivity contribution is 0.0179. The van der Waals surface area contributed by atoms with Crippen molar-refractivity contribution in [1.82, 2.24) is 15.5 Å². The summed E-state index contributed by atoms with van der Waals surface area (Å²) in [5.74, 6) is 2.01. The fraction of sp³-hybridized carbons (Fsp3) is 0.650. The van der Waals surface area contributed by atoms with Crippen molar-refractivity contribution in [2.45, 2.75) is 13.0 Å². The molecule has 11 heteroatoms. The van der Waals surface area contributed by atoms with Crippen LogP contribution in [0.25, 0.3) is 0 Å². The number of nitrogens with zero attached hydrogens (tertiary/aromatic N) is 2. The zero-order valence-corrected chi connectivity index (χ0v) is 21.9. The van der Waals surface area contributed by atoms with Gasteiger partial charge in [-0.25, -0.2) is 8.42 Å². The molecule has 9 nitrogen and oxygen atoms in total. The van der Waals surface area contributed by atoms with E-state index >= 15 is 0 Å². The van der Waals surface area contributed by atoms with Gasteiger partial charge in [-0.3, -0.25) is 9.89 Å². The summed E-state index contributed by atoms with van der Waals surface area (Å²) in [6.07, 6.45) is 1.23. The Morgan fingerprint density at radius 1 is 1.19 bits per heavy atom. The first-order valence-electron chi connectivity index (χ1n) is 10.1. The van der Waals surface area contributed by atoms with Crippen LogP contribution in [-0.4, -0.2) is 91.4 Å². The first-order chi connectivity index (χ1) is 14.4. The summed E-state index contributed by atoms with van der Waals surface area (Å²) in [5.41, 5.74) is 1.07. The lowest BCUT2D eigenvalue weighted by Crippen LogP contribution is -2.42. The number of hydrogen-bond donors (Lipinski definition) is 2. The van der Waals surface area contributed by atoms with Gasteiger partial charge in [-0.15, -0.1) is 24.0 Å². The highest BCUT2D eigenvalue weighted by Gasteiger charge is 2.24. The fourth-order valence-corrected chi connectivity index (χ4v) is 3.73. The molecule has 1 aromatic rings. The van der Waals surface area contributed by atoms with Gasteiger partial charge in [0.15, 0.2) is 17.5 Å². The summed E-state index contributed by atoms with van der Waals surface area (Å²) in [6.45, 7) is 6.46. The summed E-state index contributed by atoms with van der Waals surface area (Å²) in [4.78, 5) is 7.07. The molecule has 1 aliphatic rings. The molecule has 1 fully saturated rings. The Kier molecular flexibility index (Phi) is 12.5. The van der Waals surface area contributed by atoms with Gasteiger partial charge in [-0.1, -0.05) is 6.07 Å². The molecule has 1 aliphatic heterocycles. The smallest absolute Gasteiger partial charge is 0.191 e. The van der Waals surface area contributed by atoms with Crippen LogP contribution < -0.4 is 20.1 Å². The highest BCUT2D eigenvalue weighted by Crippen LogP contribution is 2.32. The van der Waals surface area contributed by atoms with E-state index in [0.29, 0.717) is 50.3 Å². The van der Waals surface area contributed by atoms with Gasteiger partial charge < -0.3 is 24.8 Å². The molecule has 0 saturated carbocycles. The second-order valence-electron chi connectivity index (χ2n) is 7.05. The van der Waals surface area contributed by atoms with Crippen molar-refractivity contribution in [1.29, 1.82) is 0 Å². The Hall–Kier alpha value is -1.31. The molecule has 0 bridgehead atoms. The molecule has 1 saturated heterocycles. The fourth-order valence-electron chi connectivity index (χ4n) is 3.26. The van der Waals surface area contributed by atoms with E-state index in [1.807, 2.05) is 25.1 Å². The predicted molar refractivity (Wildman–Crippen MR) is 134 cm³/mol. The van der Waals surface area contributed by atoms with Crippen LogP contribution in [0.15, 0.2) is 23.2 Å². The van der Waals surface area contributed by atoms with E-state index < -0.39 is 9.84 Å². The minimum absolute atomic E-state index is 0. The SMILES string of the molecule is CCNC(=NCC(c1ccc(OC)c(OC)c1)N1CCOCC1)NCCS(C)(=O)=O.I. The first kappa shape index (κ1) is 27.7. The lowest BCUT2D eigenvalue weighted by Gasteiger charge is -2.34. The molecule has 2 rings (SSSR count). The molecule has 0 amide bonds. The molecule has 0 aromatic heterocycles. The van der Waals surface area contributed by atoms with Crippen LogP contribution in [-0.2, 0) is 14.6 Å². The van der Waals surface area contributed by atoms with Gasteiger partial charge in [-0.2, -0.15) is 0 Å². The third-order valence-corrected chi connectivity index (χ3v) is 5.76. The summed E-state index contributed by atoms with van der Waals surface area (Å²) in [7, 11) is 0.207. The number of aliphatic imine (C=N–C) groups is 1. The van der Waals surface area contributed by atoms with Gasteiger partial charge in [0.1, 0.15) is 9.84 Å². The number of methoxy groups -OCH3 is 2. The van der Waals surface area contributed by atoms with Gasteiger partial charge in [0.2, 0.25) is 0 Å². The van der Waals surface area contributed by atoms with Gasteiger partial charge in [-0.05, 0) is 24.6 Å². The quantitative estimate of drug-likeness (QED) is 0.247. The number of ether oxygens (including phenoxy) is 3. The third kappa shape index (κ3) is 9.38. The number of nitrogens with one attached hydrogen (secondary N) is 2. The molecule has 1 atom stereocenters. The maximum atomic E-state index is 11.4. The average Bonchev–Trinajstić information content (AvgIpc) is 2.73. The van der Waals surface area contributed by atoms with Crippen LogP contribution in [0.3, 0.4) is 0 Å². The van der Waals surface area contributed by atoms with Crippen LogP contribution in [0.5, 0.6) is 11.5 Å². The third-order valence-electron chi connectivity index (χ3n) is 4.81. The van der Waals surface area contributed by atoms with Crippen molar-refractivity contribution in [3.05, 3.63) is 23.8 Å². The Bertz CT molecular complexity index is 801. The topological polar surface area (TPSA) is 101 Å². The van der Waals surface area contributed by atoms with Crippen LogP contribution >= 0.6 is 24.0 Å². The van der Waals surface area contributed by atoms with E-state index in [-0.39, 0.29) is 35.8 Å². The van der Waals surface area contributed by atoms with Gasteiger partial charge >= 0.3 is 0 Å². The largest absolute Gasteiger partial charge is 0.493 e. The average molecular weight is 570 g/mol.